The van der Waals surface area contributed by atoms with E-state index in [1.807, 2.05) is 4.57 Å². The molecule has 52 valence electrons. The predicted molar refractivity (Wildman–Crippen MR) is 35.9 cm³/mol. The van der Waals surface area contributed by atoms with Gasteiger partial charge in [0.05, 0.1) is 6.33 Å². The van der Waals surface area contributed by atoms with Gasteiger partial charge >= 0.3 is 0 Å². The molecule has 2 rings (SSSR count). The predicted octanol–water partition coefficient (Wildman–Crippen LogP) is 1.03. The Morgan fingerprint density at radius 3 is 3.00 bits per heavy atom. The fraction of sp³-hybridized carbons (Fsp3) is 0.429. The molecule has 1 aliphatic rings. The van der Waals surface area contributed by atoms with Gasteiger partial charge < -0.3 is 4.57 Å². The third kappa shape index (κ3) is 0.835. The quantitative estimate of drug-likeness (QED) is 0.569. The maximum atomic E-state index is 10.2. The number of nitrogens with zero attached hydrogens (tertiary/aromatic N) is 2. The lowest BCUT2D eigenvalue weighted by atomic mass is 10.5. The van der Waals surface area contributed by atoms with Crippen molar-refractivity contribution in [2.45, 2.75) is 18.9 Å². The minimum absolute atomic E-state index is 0.534. The van der Waals surface area contributed by atoms with Crippen molar-refractivity contribution in [1.82, 2.24) is 9.55 Å². The summed E-state index contributed by atoms with van der Waals surface area (Å²) in [5, 5.41) is 0. The van der Waals surface area contributed by atoms with Crippen LogP contribution in [0.4, 0.5) is 0 Å². The molecule has 0 aromatic carbocycles. The zero-order valence-corrected chi connectivity index (χ0v) is 5.53. The summed E-state index contributed by atoms with van der Waals surface area (Å²) in [4.78, 5) is 14.1. The Kier molecular flexibility index (Phi) is 1.09. The second-order valence-corrected chi connectivity index (χ2v) is 2.59. The molecule has 0 saturated heterocycles. The van der Waals surface area contributed by atoms with Gasteiger partial charge in [-0.15, -0.1) is 0 Å². The van der Waals surface area contributed by atoms with Gasteiger partial charge in [0, 0.05) is 12.2 Å². The summed E-state index contributed by atoms with van der Waals surface area (Å²) in [5.74, 6) is 0. The maximum absolute atomic E-state index is 10.2. The lowest BCUT2D eigenvalue weighted by molar-refractivity contribution is 0.111. The summed E-state index contributed by atoms with van der Waals surface area (Å²) in [6.07, 6.45) is 6.76. The summed E-state index contributed by atoms with van der Waals surface area (Å²) in [6, 6.07) is 0.626. The topological polar surface area (TPSA) is 34.9 Å². The highest BCUT2D eigenvalue weighted by molar-refractivity contribution is 5.70. The molecule has 0 unspecified atom stereocenters. The summed E-state index contributed by atoms with van der Waals surface area (Å²) >= 11 is 0. The molecule has 1 aromatic heterocycles. The molecular formula is C7H8N2O. The molecule has 0 N–H and O–H groups in total. The Morgan fingerprint density at radius 1 is 1.70 bits per heavy atom. The van der Waals surface area contributed by atoms with Crippen LogP contribution < -0.4 is 0 Å². The van der Waals surface area contributed by atoms with E-state index >= 15 is 0 Å². The molecule has 0 spiro atoms. The molecule has 3 heteroatoms. The van der Waals surface area contributed by atoms with Crippen molar-refractivity contribution in [2.24, 2.45) is 0 Å². The first kappa shape index (κ1) is 5.65. The van der Waals surface area contributed by atoms with Crippen LogP contribution in [-0.2, 0) is 0 Å². The summed E-state index contributed by atoms with van der Waals surface area (Å²) in [5.41, 5.74) is 0.534. The van der Waals surface area contributed by atoms with E-state index < -0.39 is 0 Å². The van der Waals surface area contributed by atoms with Gasteiger partial charge in [0.15, 0.2) is 6.29 Å². The number of aldehydes is 1. The van der Waals surface area contributed by atoms with E-state index in [4.69, 9.17) is 0 Å². The fourth-order valence-electron chi connectivity index (χ4n) is 0.986. The van der Waals surface area contributed by atoms with E-state index in [0.29, 0.717) is 11.7 Å². The molecule has 1 aromatic rings. The van der Waals surface area contributed by atoms with E-state index in [1.54, 1.807) is 12.5 Å². The fourth-order valence-corrected chi connectivity index (χ4v) is 0.986. The molecule has 1 aliphatic carbocycles. The van der Waals surface area contributed by atoms with E-state index in [2.05, 4.69) is 4.98 Å². The van der Waals surface area contributed by atoms with Gasteiger partial charge in [0.25, 0.3) is 0 Å². The van der Waals surface area contributed by atoms with Crippen LogP contribution in [0.3, 0.4) is 0 Å². The Morgan fingerprint density at radius 2 is 2.50 bits per heavy atom. The zero-order chi connectivity index (χ0) is 6.97. The zero-order valence-electron chi connectivity index (χ0n) is 5.53. The average molecular weight is 136 g/mol. The van der Waals surface area contributed by atoms with Crippen molar-refractivity contribution >= 4 is 6.29 Å². The molecule has 1 saturated carbocycles. The number of hydrogen-bond donors (Lipinski definition) is 0. The molecule has 0 bridgehead atoms. The Balaban J connectivity index is 2.26. The van der Waals surface area contributed by atoms with Crippen LogP contribution in [0.15, 0.2) is 12.5 Å². The van der Waals surface area contributed by atoms with E-state index in [9.17, 15) is 4.79 Å². The molecule has 0 atom stereocenters. The van der Waals surface area contributed by atoms with Gasteiger partial charge in [-0.2, -0.15) is 0 Å². The van der Waals surface area contributed by atoms with Crippen LogP contribution in [0.25, 0.3) is 0 Å². The normalized spacial score (nSPS) is 17.2. The molecule has 0 aliphatic heterocycles. The van der Waals surface area contributed by atoms with Crippen LogP contribution in [-0.4, -0.2) is 15.8 Å². The first-order valence-electron chi connectivity index (χ1n) is 3.39. The summed E-state index contributed by atoms with van der Waals surface area (Å²) in [7, 11) is 0. The highest BCUT2D eigenvalue weighted by Gasteiger charge is 2.22. The molecule has 0 amide bonds. The molecule has 1 heterocycles. The SMILES string of the molecule is O=Cc1cn(C2CC2)cn1. The first-order chi connectivity index (χ1) is 4.90. The van der Waals surface area contributed by atoms with Crippen LogP contribution >= 0.6 is 0 Å². The van der Waals surface area contributed by atoms with Gasteiger partial charge in [-0.3, -0.25) is 4.79 Å². The van der Waals surface area contributed by atoms with Crippen molar-refractivity contribution in [2.75, 3.05) is 0 Å². The number of imidazole rings is 1. The molecular weight excluding hydrogens is 128 g/mol. The smallest absolute Gasteiger partial charge is 0.169 e. The summed E-state index contributed by atoms with van der Waals surface area (Å²) < 4.78 is 2.00. The van der Waals surface area contributed by atoms with Gasteiger partial charge in [-0.05, 0) is 12.8 Å². The monoisotopic (exact) mass is 136 g/mol. The second kappa shape index (κ2) is 1.94. The minimum Gasteiger partial charge on any atom is -0.334 e. The van der Waals surface area contributed by atoms with Crippen LogP contribution in [0.1, 0.15) is 29.4 Å². The van der Waals surface area contributed by atoms with Gasteiger partial charge in [-0.25, -0.2) is 4.98 Å². The van der Waals surface area contributed by atoms with Crippen molar-refractivity contribution in [3.8, 4) is 0 Å². The van der Waals surface area contributed by atoms with Gasteiger partial charge in [0.2, 0.25) is 0 Å². The largest absolute Gasteiger partial charge is 0.334 e. The third-order valence-corrected chi connectivity index (χ3v) is 1.71. The Labute approximate surface area is 58.7 Å². The van der Waals surface area contributed by atoms with E-state index in [-0.39, 0.29) is 0 Å². The number of rotatable bonds is 2. The highest BCUT2D eigenvalue weighted by Crippen LogP contribution is 2.34. The van der Waals surface area contributed by atoms with Crippen molar-refractivity contribution < 1.29 is 4.79 Å². The molecule has 10 heavy (non-hydrogen) atoms. The van der Waals surface area contributed by atoms with Gasteiger partial charge in [0.1, 0.15) is 5.69 Å². The van der Waals surface area contributed by atoms with Crippen LogP contribution in [0.2, 0.25) is 0 Å². The number of aromatic nitrogens is 2. The van der Waals surface area contributed by atoms with Crippen molar-refractivity contribution in [3.63, 3.8) is 0 Å². The van der Waals surface area contributed by atoms with E-state index in [0.717, 1.165) is 6.29 Å². The number of carbonyl (C=O) groups is 1. The number of carbonyl (C=O) groups excluding carboxylic acids is 1. The van der Waals surface area contributed by atoms with Crippen LogP contribution in [0, 0.1) is 0 Å². The Hall–Kier alpha value is -1.12. The minimum atomic E-state index is 0.534. The highest BCUT2D eigenvalue weighted by atomic mass is 16.1. The van der Waals surface area contributed by atoms with Gasteiger partial charge in [-0.1, -0.05) is 0 Å². The average Bonchev–Trinajstić information content (AvgIpc) is 2.70. The third-order valence-electron chi connectivity index (χ3n) is 1.71. The first-order valence-corrected chi connectivity index (χ1v) is 3.39. The Bertz CT molecular complexity index is 250. The molecule has 3 nitrogen and oxygen atoms in total. The lowest BCUT2D eigenvalue weighted by Crippen LogP contribution is -1.86. The maximum Gasteiger partial charge on any atom is 0.169 e. The molecule has 0 radical (unpaired) electrons. The summed E-state index contributed by atoms with van der Waals surface area (Å²) in [6.45, 7) is 0. The van der Waals surface area contributed by atoms with E-state index in [1.165, 1.54) is 12.8 Å². The van der Waals surface area contributed by atoms with Crippen molar-refractivity contribution in [1.29, 1.82) is 0 Å². The lowest BCUT2D eigenvalue weighted by Gasteiger charge is -1.91. The van der Waals surface area contributed by atoms with Crippen LogP contribution in [0.5, 0.6) is 0 Å². The van der Waals surface area contributed by atoms with Crippen molar-refractivity contribution in [3.05, 3.63) is 18.2 Å². The second-order valence-electron chi connectivity index (χ2n) is 2.59. The standard InChI is InChI=1S/C7H8N2O/c10-4-6-3-9(5-8-6)7-1-2-7/h3-5,7H,1-2H2. The molecule has 1 fully saturated rings. The number of hydrogen-bond acceptors (Lipinski definition) is 2.